The van der Waals surface area contributed by atoms with Crippen LogP contribution in [0.1, 0.15) is 54.4 Å². The molecule has 0 radical (unpaired) electrons. The summed E-state index contributed by atoms with van der Waals surface area (Å²) in [6.45, 7) is 4.30. The Balaban J connectivity index is 1.20. The normalized spacial score (nSPS) is 19.3. The Hall–Kier alpha value is -1.49. The average molecular weight is 521 g/mol. The van der Waals surface area contributed by atoms with Crippen molar-refractivity contribution in [2.45, 2.75) is 62.9 Å². The fourth-order valence-corrected chi connectivity index (χ4v) is 7.45. The molecule has 0 saturated carbocycles. The van der Waals surface area contributed by atoms with E-state index in [1.165, 1.54) is 48.2 Å². The van der Waals surface area contributed by atoms with Gasteiger partial charge >= 0.3 is 0 Å². The molecule has 0 spiro atoms. The van der Waals surface area contributed by atoms with Crippen LogP contribution in [0, 0.1) is 5.92 Å². The number of hydrogen-bond acceptors (Lipinski definition) is 7. The number of aromatic nitrogens is 3. The van der Waals surface area contributed by atoms with Crippen molar-refractivity contribution < 1.29 is 8.09 Å². The molecule has 1 saturated heterocycles. The van der Waals surface area contributed by atoms with Crippen LogP contribution in [0.4, 0.5) is 15.5 Å². The second-order valence-corrected chi connectivity index (χ2v) is 12.4. The molecule has 2 aromatic rings. The molecule has 2 heterocycles. The van der Waals surface area contributed by atoms with Gasteiger partial charge in [-0.1, -0.05) is 6.07 Å². The fourth-order valence-electron chi connectivity index (χ4n) is 5.93. The number of nitrogens with one attached hydrogen (secondary N) is 1. The first kappa shape index (κ1) is 25.2. The SMILES string of the molecule is CN1CCC(CN(C)CCCS(=O)c2nc(Nc3c4c(cc5c3CCC5)CCC4)nn2SF)CC1. The van der Waals surface area contributed by atoms with Crippen LogP contribution in [-0.2, 0) is 36.5 Å². The molecule has 1 atom stereocenters. The summed E-state index contributed by atoms with van der Waals surface area (Å²) < 4.78 is 27.8. The summed E-state index contributed by atoms with van der Waals surface area (Å²) >= 11 is -0.0351. The van der Waals surface area contributed by atoms with Crippen LogP contribution in [0.2, 0.25) is 0 Å². The summed E-state index contributed by atoms with van der Waals surface area (Å²) in [5.74, 6) is 1.53. The lowest BCUT2D eigenvalue weighted by atomic mass is 9.97. The number of halogens is 1. The van der Waals surface area contributed by atoms with Gasteiger partial charge in [0.1, 0.15) is 0 Å². The van der Waals surface area contributed by atoms with Crippen LogP contribution in [0.15, 0.2) is 11.2 Å². The molecule has 7 nitrogen and oxygen atoms in total. The lowest BCUT2D eigenvalue weighted by molar-refractivity contribution is 0.176. The van der Waals surface area contributed by atoms with Gasteiger partial charge < -0.3 is 15.1 Å². The molecule has 0 amide bonds. The third kappa shape index (κ3) is 5.76. The molecule has 35 heavy (non-hydrogen) atoms. The third-order valence-corrected chi connectivity index (χ3v) is 9.64. The maximum atomic E-state index is 13.7. The zero-order valence-electron chi connectivity index (χ0n) is 20.9. The van der Waals surface area contributed by atoms with Crippen molar-refractivity contribution in [3.8, 4) is 0 Å². The largest absolute Gasteiger partial charge is 0.322 e. The summed E-state index contributed by atoms with van der Waals surface area (Å²) in [7, 11) is 2.92. The Morgan fingerprint density at radius 2 is 1.86 bits per heavy atom. The smallest absolute Gasteiger partial charge is 0.248 e. The van der Waals surface area contributed by atoms with Crippen molar-refractivity contribution in [1.29, 1.82) is 0 Å². The maximum absolute atomic E-state index is 13.7. The van der Waals surface area contributed by atoms with E-state index in [0.717, 1.165) is 73.7 Å². The van der Waals surface area contributed by atoms with E-state index in [1.807, 2.05) is 0 Å². The lowest BCUT2D eigenvalue weighted by Gasteiger charge is -2.31. The van der Waals surface area contributed by atoms with Gasteiger partial charge in [-0.15, -0.1) is 13.1 Å². The number of likely N-dealkylation sites (tertiary alicyclic amines) is 1. The van der Waals surface area contributed by atoms with Crippen LogP contribution < -0.4 is 5.32 Å². The van der Waals surface area contributed by atoms with Crippen LogP contribution in [-0.4, -0.2) is 74.2 Å². The molecule has 3 aliphatic rings. The number of rotatable bonds is 10. The van der Waals surface area contributed by atoms with Gasteiger partial charge in [0, 0.05) is 18.0 Å². The predicted molar refractivity (Wildman–Crippen MR) is 142 cm³/mol. The number of fused-ring (bicyclic) bond motifs is 2. The standard InChI is InChI=1S/C25H37FN6OS2/c1-30-13-10-18(11-14-30)17-31(2)12-5-15-35(33)25-28-24(29-32(25)34-26)27-23-21-8-3-6-19(21)16-20-7-4-9-22(20)23/h16,18H,3-15,17H2,1-2H3,(H,27,29). The van der Waals surface area contributed by atoms with E-state index in [1.54, 1.807) is 0 Å². The number of benzene rings is 1. The van der Waals surface area contributed by atoms with E-state index < -0.39 is 10.8 Å². The average Bonchev–Trinajstić information content (AvgIpc) is 3.59. The summed E-state index contributed by atoms with van der Waals surface area (Å²) in [6, 6.07) is 2.38. The minimum Gasteiger partial charge on any atom is -0.322 e. The first-order chi connectivity index (χ1) is 17.0. The highest BCUT2D eigenvalue weighted by atomic mass is 32.2. The molecule has 10 heteroatoms. The summed E-state index contributed by atoms with van der Waals surface area (Å²) in [4.78, 5) is 9.21. The number of hydrogen-bond donors (Lipinski definition) is 1. The van der Waals surface area contributed by atoms with Gasteiger partial charge in [0.15, 0.2) is 12.3 Å². The number of piperidine rings is 1. The molecule has 1 fully saturated rings. The maximum Gasteiger partial charge on any atom is 0.248 e. The predicted octanol–water partition coefficient (Wildman–Crippen LogP) is 4.15. The zero-order valence-corrected chi connectivity index (χ0v) is 22.5. The highest BCUT2D eigenvalue weighted by Gasteiger charge is 2.26. The van der Waals surface area contributed by atoms with E-state index in [9.17, 15) is 8.09 Å². The molecule has 1 aliphatic heterocycles. The number of aryl methyl sites for hydroxylation is 2. The second-order valence-electron chi connectivity index (χ2n) is 10.4. The Kier molecular flexibility index (Phi) is 8.11. The molecule has 1 aromatic heterocycles. The van der Waals surface area contributed by atoms with Gasteiger partial charge in [0.05, 0.1) is 10.8 Å². The molecule has 1 N–H and O–H groups in total. The second kappa shape index (κ2) is 11.3. The topological polar surface area (TPSA) is 66.3 Å². The van der Waals surface area contributed by atoms with Crippen LogP contribution in [0.25, 0.3) is 0 Å². The van der Waals surface area contributed by atoms with Crippen molar-refractivity contribution in [2.75, 3.05) is 51.3 Å². The minimum absolute atomic E-state index is 0.0351. The van der Waals surface area contributed by atoms with Crippen molar-refractivity contribution in [3.63, 3.8) is 0 Å². The molecular formula is C25H37FN6OS2. The summed E-state index contributed by atoms with van der Waals surface area (Å²) in [5.41, 5.74) is 6.65. The Morgan fingerprint density at radius 3 is 2.51 bits per heavy atom. The molecule has 192 valence electrons. The zero-order chi connectivity index (χ0) is 24.4. The first-order valence-electron chi connectivity index (χ1n) is 13.0. The number of anilines is 2. The van der Waals surface area contributed by atoms with Gasteiger partial charge in [-0.05, 0) is 120 Å². The van der Waals surface area contributed by atoms with Crippen molar-refractivity contribution in [1.82, 2.24) is 24.0 Å². The summed E-state index contributed by atoms with van der Waals surface area (Å²) in [5, 5.41) is 7.90. The molecule has 2 aliphatic carbocycles. The molecule has 1 aromatic carbocycles. The van der Waals surface area contributed by atoms with E-state index in [0.29, 0.717) is 11.7 Å². The van der Waals surface area contributed by atoms with Crippen LogP contribution in [0.5, 0.6) is 0 Å². The van der Waals surface area contributed by atoms with Gasteiger partial charge in [-0.3, -0.25) is 4.21 Å². The van der Waals surface area contributed by atoms with Crippen molar-refractivity contribution in [2.24, 2.45) is 5.92 Å². The van der Waals surface area contributed by atoms with Gasteiger partial charge in [-0.2, -0.15) is 4.98 Å². The van der Waals surface area contributed by atoms with Crippen molar-refractivity contribution in [3.05, 3.63) is 28.3 Å². The molecule has 5 rings (SSSR count). The van der Waals surface area contributed by atoms with E-state index in [4.69, 9.17) is 0 Å². The Morgan fingerprint density at radius 1 is 1.17 bits per heavy atom. The van der Waals surface area contributed by atoms with Crippen LogP contribution in [0.3, 0.4) is 0 Å². The van der Waals surface area contributed by atoms with E-state index in [-0.39, 0.29) is 17.5 Å². The minimum atomic E-state index is -1.40. The van der Waals surface area contributed by atoms with Crippen LogP contribution >= 0.6 is 12.3 Å². The van der Waals surface area contributed by atoms with Crippen molar-refractivity contribution >= 4 is 34.8 Å². The highest BCUT2D eigenvalue weighted by molar-refractivity contribution is 7.93. The quantitative estimate of drug-likeness (QED) is 0.505. The number of nitrogens with zero attached hydrogens (tertiary/aromatic N) is 5. The van der Waals surface area contributed by atoms with Gasteiger partial charge in [-0.25, -0.2) is 0 Å². The monoisotopic (exact) mass is 520 g/mol. The van der Waals surface area contributed by atoms with E-state index in [2.05, 4.69) is 45.4 Å². The van der Waals surface area contributed by atoms with Gasteiger partial charge in [0.25, 0.3) is 0 Å². The highest BCUT2D eigenvalue weighted by Crippen LogP contribution is 2.39. The fraction of sp³-hybridized carbons (Fsp3) is 0.680. The molecular weight excluding hydrogens is 483 g/mol. The lowest BCUT2D eigenvalue weighted by Crippen LogP contribution is -2.36. The third-order valence-electron chi connectivity index (χ3n) is 7.81. The first-order valence-corrected chi connectivity index (χ1v) is 15.0. The summed E-state index contributed by atoms with van der Waals surface area (Å²) in [6.07, 6.45) is 9.92. The molecule has 1 unspecified atom stereocenters. The Labute approximate surface area is 215 Å². The van der Waals surface area contributed by atoms with E-state index >= 15 is 0 Å². The molecule has 0 bridgehead atoms. The Bertz CT molecular complexity index is 1040. The van der Waals surface area contributed by atoms with Gasteiger partial charge in [0.2, 0.25) is 11.1 Å².